The number of nitrogens with two attached hydrogens (primary N) is 1. The van der Waals surface area contributed by atoms with Gasteiger partial charge in [0.1, 0.15) is 18.1 Å². The Bertz CT molecular complexity index is 447. The number of nitrogens with one attached hydrogen (secondary N) is 1. The Balaban J connectivity index is 2.18. The van der Waals surface area contributed by atoms with Gasteiger partial charge < -0.3 is 20.5 Å². The van der Waals surface area contributed by atoms with Crippen LogP contribution in [0.2, 0.25) is 0 Å². The van der Waals surface area contributed by atoms with E-state index in [4.69, 9.17) is 15.2 Å². The van der Waals surface area contributed by atoms with Gasteiger partial charge in [-0.25, -0.2) is 4.98 Å². The molecule has 0 aliphatic heterocycles. The lowest BCUT2D eigenvalue weighted by Gasteiger charge is -2.13. The lowest BCUT2D eigenvalue weighted by Crippen LogP contribution is -2.12. The van der Waals surface area contributed by atoms with Crippen LogP contribution in [0.15, 0.2) is 12.7 Å². The zero-order chi connectivity index (χ0) is 13.7. The van der Waals surface area contributed by atoms with E-state index in [-0.39, 0.29) is 0 Å². The van der Waals surface area contributed by atoms with Crippen molar-refractivity contribution >= 4 is 11.5 Å². The maximum absolute atomic E-state index is 6.01. The van der Waals surface area contributed by atoms with E-state index in [1.54, 1.807) is 13.2 Å². The predicted octanol–water partition coefficient (Wildman–Crippen LogP) is 1.56. The maximum Gasteiger partial charge on any atom is 0.242 e. The molecule has 1 saturated carbocycles. The molecule has 1 heterocycles. The Morgan fingerprint density at radius 3 is 2.84 bits per heavy atom. The first-order valence-electron chi connectivity index (χ1n) is 6.40. The quantitative estimate of drug-likeness (QED) is 0.547. The SMILES string of the molecule is C=CCNc1nc(C2CC2)nc(OCCOC)c1N. The van der Waals surface area contributed by atoms with Crippen LogP contribution in [0.25, 0.3) is 0 Å². The van der Waals surface area contributed by atoms with E-state index >= 15 is 0 Å². The van der Waals surface area contributed by atoms with Crippen LogP contribution >= 0.6 is 0 Å². The standard InChI is InChI=1S/C13H20N4O2/c1-3-6-15-12-10(14)13(19-8-7-18-2)17-11(16-12)9-4-5-9/h3,9H,1,4-8,14H2,2H3,(H,15,16,17). The predicted molar refractivity (Wildman–Crippen MR) is 74.5 cm³/mol. The second-order valence-corrected chi connectivity index (χ2v) is 4.43. The van der Waals surface area contributed by atoms with E-state index in [2.05, 4.69) is 21.9 Å². The van der Waals surface area contributed by atoms with Gasteiger partial charge in [0.05, 0.1) is 6.61 Å². The van der Waals surface area contributed by atoms with Crippen LogP contribution in [0.3, 0.4) is 0 Å². The Kier molecular flexibility index (Phi) is 4.57. The molecule has 1 fully saturated rings. The highest BCUT2D eigenvalue weighted by molar-refractivity contribution is 5.67. The summed E-state index contributed by atoms with van der Waals surface area (Å²) in [5.41, 5.74) is 6.44. The lowest BCUT2D eigenvalue weighted by atomic mass is 10.3. The summed E-state index contributed by atoms with van der Waals surface area (Å²) < 4.78 is 10.5. The molecule has 0 aromatic carbocycles. The van der Waals surface area contributed by atoms with E-state index in [0.29, 0.717) is 43.1 Å². The second kappa shape index (κ2) is 6.38. The number of hydrogen-bond donors (Lipinski definition) is 2. The molecule has 0 atom stereocenters. The first-order valence-corrected chi connectivity index (χ1v) is 6.40. The number of aromatic nitrogens is 2. The van der Waals surface area contributed by atoms with Gasteiger partial charge in [-0.15, -0.1) is 6.58 Å². The fraction of sp³-hybridized carbons (Fsp3) is 0.538. The van der Waals surface area contributed by atoms with Crippen LogP contribution < -0.4 is 15.8 Å². The van der Waals surface area contributed by atoms with Gasteiger partial charge in [0, 0.05) is 19.6 Å². The number of hydrogen-bond acceptors (Lipinski definition) is 6. The average molecular weight is 264 g/mol. The Morgan fingerprint density at radius 2 is 2.21 bits per heavy atom. The summed E-state index contributed by atoms with van der Waals surface area (Å²) in [6.45, 7) is 5.18. The molecule has 0 amide bonds. The van der Waals surface area contributed by atoms with Crippen LogP contribution in [0, 0.1) is 0 Å². The third-order valence-electron chi connectivity index (χ3n) is 2.81. The fourth-order valence-electron chi connectivity index (χ4n) is 1.62. The molecule has 0 saturated heterocycles. The van der Waals surface area contributed by atoms with Gasteiger partial charge >= 0.3 is 0 Å². The van der Waals surface area contributed by atoms with E-state index in [1.165, 1.54) is 0 Å². The molecule has 1 aliphatic rings. The minimum Gasteiger partial charge on any atom is -0.474 e. The van der Waals surface area contributed by atoms with E-state index in [9.17, 15) is 0 Å². The van der Waals surface area contributed by atoms with Gasteiger partial charge in [0.25, 0.3) is 0 Å². The zero-order valence-electron chi connectivity index (χ0n) is 11.2. The maximum atomic E-state index is 6.01. The number of nitrogens with zero attached hydrogens (tertiary/aromatic N) is 2. The summed E-state index contributed by atoms with van der Waals surface area (Å²) in [7, 11) is 1.62. The molecule has 0 spiro atoms. The minimum atomic E-state index is 0.419. The van der Waals surface area contributed by atoms with Crippen LogP contribution in [-0.4, -0.2) is 36.8 Å². The van der Waals surface area contributed by atoms with E-state index in [0.717, 1.165) is 18.7 Å². The average Bonchev–Trinajstić information content (AvgIpc) is 3.24. The van der Waals surface area contributed by atoms with Crippen molar-refractivity contribution in [1.82, 2.24) is 9.97 Å². The van der Waals surface area contributed by atoms with Crippen molar-refractivity contribution in [3.05, 3.63) is 18.5 Å². The summed E-state index contributed by atoms with van der Waals surface area (Å²) in [6, 6.07) is 0. The monoisotopic (exact) mass is 264 g/mol. The Hall–Kier alpha value is -1.82. The molecule has 104 valence electrons. The summed E-state index contributed by atoms with van der Waals surface area (Å²) in [5, 5.41) is 3.11. The lowest BCUT2D eigenvalue weighted by molar-refractivity contribution is 0.144. The molecule has 6 heteroatoms. The van der Waals surface area contributed by atoms with Gasteiger partial charge in [0.15, 0.2) is 5.82 Å². The van der Waals surface area contributed by atoms with Crippen molar-refractivity contribution in [3.8, 4) is 5.88 Å². The third-order valence-corrected chi connectivity index (χ3v) is 2.81. The van der Waals surface area contributed by atoms with Crippen LogP contribution in [-0.2, 0) is 4.74 Å². The van der Waals surface area contributed by atoms with Gasteiger partial charge in [-0.1, -0.05) is 6.08 Å². The summed E-state index contributed by atoms with van der Waals surface area (Å²) in [6.07, 6.45) is 4.01. The highest BCUT2D eigenvalue weighted by Gasteiger charge is 2.28. The van der Waals surface area contributed by atoms with Crippen molar-refractivity contribution in [2.24, 2.45) is 0 Å². The van der Waals surface area contributed by atoms with Crippen molar-refractivity contribution in [2.45, 2.75) is 18.8 Å². The van der Waals surface area contributed by atoms with Crippen LogP contribution in [0.4, 0.5) is 11.5 Å². The molecule has 0 unspecified atom stereocenters. The Labute approximate surface area is 113 Å². The van der Waals surface area contributed by atoms with Gasteiger partial charge in [-0.2, -0.15) is 4.98 Å². The van der Waals surface area contributed by atoms with Crippen molar-refractivity contribution in [3.63, 3.8) is 0 Å². The number of ether oxygens (including phenoxy) is 2. The van der Waals surface area contributed by atoms with Gasteiger partial charge in [0.2, 0.25) is 5.88 Å². The molecule has 1 aliphatic carbocycles. The Morgan fingerprint density at radius 1 is 1.42 bits per heavy atom. The number of nitrogen functional groups attached to an aromatic ring is 1. The molecule has 0 radical (unpaired) electrons. The first-order chi connectivity index (χ1) is 9.26. The molecular weight excluding hydrogens is 244 g/mol. The minimum absolute atomic E-state index is 0.419. The summed E-state index contributed by atoms with van der Waals surface area (Å²) in [5.74, 6) is 2.28. The van der Waals surface area contributed by atoms with Crippen LogP contribution in [0.1, 0.15) is 24.6 Å². The summed E-state index contributed by atoms with van der Waals surface area (Å²) >= 11 is 0. The zero-order valence-corrected chi connectivity index (χ0v) is 11.2. The van der Waals surface area contributed by atoms with Gasteiger partial charge in [-0.3, -0.25) is 0 Å². The smallest absolute Gasteiger partial charge is 0.242 e. The largest absolute Gasteiger partial charge is 0.474 e. The topological polar surface area (TPSA) is 82.3 Å². The highest BCUT2D eigenvalue weighted by Crippen LogP contribution is 2.40. The number of rotatable bonds is 8. The molecule has 2 rings (SSSR count). The number of anilines is 2. The van der Waals surface area contributed by atoms with Crippen LogP contribution in [0.5, 0.6) is 5.88 Å². The number of methoxy groups -OCH3 is 1. The molecule has 6 nitrogen and oxygen atoms in total. The van der Waals surface area contributed by atoms with Crippen molar-refractivity contribution in [1.29, 1.82) is 0 Å². The van der Waals surface area contributed by atoms with E-state index in [1.807, 2.05) is 0 Å². The van der Waals surface area contributed by atoms with E-state index < -0.39 is 0 Å². The summed E-state index contributed by atoms with van der Waals surface area (Å²) in [4.78, 5) is 8.85. The normalized spacial score (nSPS) is 14.2. The highest BCUT2D eigenvalue weighted by atomic mass is 16.5. The molecule has 3 N–H and O–H groups in total. The third kappa shape index (κ3) is 3.57. The first kappa shape index (κ1) is 13.6. The van der Waals surface area contributed by atoms with Crippen molar-refractivity contribution < 1.29 is 9.47 Å². The van der Waals surface area contributed by atoms with Crippen molar-refractivity contribution in [2.75, 3.05) is 37.9 Å². The fourth-order valence-corrected chi connectivity index (χ4v) is 1.62. The van der Waals surface area contributed by atoms with Gasteiger partial charge in [-0.05, 0) is 12.8 Å². The molecule has 0 bridgehead atoms. The molecule has 1 aromatic rings. The second-order valence-electron chi connectivity index (χ2n) is 4.43. The molecular formula is C13H20N4O2. The molecule has 1 aromatic heterocycles. The molecule has 19 heavy (non-hydrogen) atoms.